The molecule has 2 saturated carbocycles. The van der Waals surface area contributed by atoms with E-state index >= 15 is 0 Å². The summed E-state index contributed by atoms with van der Waals surface area (Å²) in [5.74, 6) is -0.567. The fourth-order valence-corrected chi connectivity index (χ4v) is 4.23. The molecular weight excluding hydrogens is 240 g/mol. The standard InChI is InChI=1S/C16H28O3/c17-14-11-7-8-12-16(14,15(18)19)13-9-5-3-1-2-4-6-10-13/h13-14,17H,1-12H2,(H,18,19). The Labute approximate surface area is 116 Å². The van der Waals surface area contributed by atoms with E-state index in [1.54, 1.807) is 0 Å². The first-order valence-corrected chi connectivity index (χ1v) is 8.09. The lowest BCUT2D eigenvalue weighted by atomic mass is 9.61. The van der Waals surface area contributed by atoms with Crippen molar-refractivity contribution in [2.45, 2.75) is 83.2 Å². The van der Waals surface area contributed by atoms with Gasteiger partial charge in [-0.1, -0.05) is 51.4 Å². The number of carboxylic acid groups (broad SMARTS) is 1. The summed E-state index contributed by atoms with van der Waals surface area (Å²) in [7, 11) is 0. The molecule has 2 aliphatic rings. The van der Waals surface area contributed by atoms with Crippen LogP contribution in [-0.4, -0.2) is 22.3 Å². The van der Waals surface area contributed by atoms with Crippen molar-refractivity contribution in [3.63, 3.8) is 0 Å². The summed E-state index contributed by atoms with van der Waals surface area (Å²) in [6.45, 7) is 0. The van der Waals surface area contributed by atoms with Crippen molar-refractivity contribution in [1.29, 1.82) is 0 Å². The molecule has 0 radical (unpaired) electrons. The topological polar surface area (TPSA) is 57.5 Å². The predicted octanol–water partition coefficient (Wildman–Crippen LogP) is 3.74. The number of aliphatic carboxylic acids is 1. The van der Waals surface area contributed by atoms with Gasteiger partial charge in [0.15, 0.2) is 0 Å². The van der Waals surface area contributed by atoms with E-state index in [0.29, 0.717) is 12.8 Å². The van der Waals surface area contributed by atoms with Gasteiger partial charge in [-0.25, -0.2) is 0 Å². The summed E-state index contributed by atoms with van der Waals surface area (Å²) >= 11 is 0. The first-order chi connectivity index (χ1) is 9.18. The number of rotatable bonds is 2. The first-order valence-electron chi connectivity index (χ1n) is 8.09. The number of carbonyl (C=O) groups is 1. The molecule has 0 bridgehead atoms. The largest absolute Gasteiger partial charge is 0.481 e. The van der Waals surface area contributed by atoms with Crippen LogP contribution in [0.15, 0.2) is 0 Å². The lowest BCUT2D eigenvalue weighted by Gasteiger charge is -2.44. The zero-order chi connectivity index (χ0) is 13.7. The molecule has 0 aromatic rings. The molecule has 0 amide bonds. The summed E-state index contributed by atoms with van der Waals surface area (Å²) in [5.41, 5.74) is -0.845. The Hall–Kier alpha value is -0.570. The minimum absolute atomic E-state index is 0.179. The molecule has 2 fully saturated rings. The van der Waals surface area contributed by atoms with E-state index in [0.717, 1.165) is 38.5 Å². The molecule has 2 aliphatic carbocycles. The summed E-state index contributed by atoms with van der Waals surface area (Å²) in [5, 5.41) is 20.2. The van der Waals surface area contributed by atoms with Gasteiger partial charge in [-0.3, -0.25) is 4.79 Å². The van der Waals surface area contributed by atoms with Crippen LogP contribution < -0.4 is 0 Å². The van der Waals surface area contributed by atoms with Crippen LogP contribution in [0.5, 0.6) is 0 Å². The van der Waals surface area contributed by atoms with Crippen LogP contribution in [0, 0.1) is 11.3 Å². The van der Waals surface area contributed by atoms with Gasteiger partial charge >= 0.3 is 5.97 Å². The fourth-order valence-electron chi connectivity index (χ4n) is 4.23. The van der Waals surface area contributed by atoms with Crippen molar-refractivity contribution in [2.24, 2.45) is 11.3 Å². The van der Waals surface area contributed by atoms with Crippen molar-refractivity contribution >= 4 is 5.97 Å². The SMILES string of the molecule is O=C(O)C1(C2CCCCCCCC2)CCCCC1O. The number of hydrogen-bond donors (Lipinski definition) is 2. The number of aliphatic hydroxyl groups excluding tert-OH is 1. The molecule has 0 aliphatic heterocycles. The Morgan fingerprint density at radius 1 is 0.842 bits per heavy atom. The third-order valence-electron chi connectivity index (χ3n) is 5.39. The maximum absolute atomic E-state index is 11.9. The molecule has 19 heavy (non-hydrogen) atoms. The van der Waals surface area contributed by atoms with Gasteiger partial charge in [0.05, 0.1) is 11.5 Å². The minimum Gasteiger partial charge on any atom is -0.481 e. The number of hydrogen-bond acceptors (Lipinski definition) is 2. The van der Waals surface area contributed by atoms with Gasteiger partial charge in [0.1, 0.15) is 0 Å². The third kappa shape index (κ3) is 3.13. The van der Waals surface area contributed by atoms with Gasteiger partial charge in [0.25, 0.3) is 0 Å². The molecule has 2 atom stereocenters. The first kappa shape index (κ1) is 14.8. The Morgan fingerprint density at radius 2 is 1.37 bits per heavy atom. The maximum Gasteiger partial charge on any atom is 0.312 e. The molecule has 0 aromatic heterocycles. The summed E-state index contributed by atoms with van der Waals surface area (Å²) in [6, 6.07) is 0. The van der Waals surface area contributed by atoms with E-state index in [9.17, 15) is 15.0 Å². The Balaban J connectivity index is 2.17. The summed E-state index contributed by atoms with van der Waals surface area (Å²) in [6.07, 6.45) is 11.9. The van der Waals surface area contributed by atoms with Crippen LogP contribution >= 0.6 is 0 Å². The average molecular weight is 268 g/mol. The van der Waals surface area contributed by atoms with Gasteiger partial charge in [-0.15, -0.1) is 0 Å². The van der Waals surface area contributed by atoms with Crippen LogP contribution in [0.25, 0.3) is 0 Å². The normalized spacial score (nSPS) is 35.1. The monoisotopic (exact) mass is 268 g/mol. The summed E-state index contributed by atoms with van der Waals surface area (Å²) < 4.78 is 0. The van der Waals surface area contributed by atoms with Crippen molar-refractivity contribution in [1.82, 2.24) is 0 Å². The van der Waals surface area contributed by atoms with E-state index in [4.69, 9.17) is 0 Å². The lowest BCUT2D eigenvalue weighted by molar-refractivity contribution is -0.168. The highest BCUT2D eigenvalue weighted by Gasteiger charge is 2.51. The maximum atomic E-state index is 11.9. The molecule has 0 spiro atoms. The van der Waals surface area contributed by atoms with Crippen molar-refractivity contribution in [3.05, 3.63) is 0 Å². The zero-order valence-corrected chi connectivity index (χ0v) is 11.9. The van der Waals surface area contributed by atoms with Gasteiger partial charge in [0, 0.05) is 0 Å². The van der Waals surface area contributed by atoms with Gasteiger partial charge in [-0.2, -0.15) is 0 Å². The lowest BCUT2D eigenvalue weighted by Crippen LogP contribution is -2.50. The van der Waals surface area contributed by atoms with E-state index in [1.807, 2.05) is 0 Å². The van der Waals surface area contributed by atoms with Crippen LogP contribution in [0.2, 0.25) is 0 Å². The molecule has 3 nitrogen and oxygen atoms in total. The number of carboxylic acids is 1. The van der Waals surface area contributed by atoms with Crippen molar-refractivity contribution in [3.8, 4) is 0 Å². The molecule has 0 heterocycles. The molecule has 2 unspecified atom stereocenters. The van der Waals surface area contributed by atoms with Crippen molar-refractivity contribution in [2.75, 3.05) is 0 Å². The zero-order valence-electron chi connectivity index (χ0n) is 11.9. The second-order valence-electron chi connectivity index (χ2n) is 6.50. The van der Waals surface area contributed by atoms with E-state index in [2.05, 4.69) is 0 Å². The fraction of sp³-hybridized carbons (Fsp3) is 0.938. The Kier molecular flexibility index (Phi) is 5.26. The van der Waals surface area contributed by atoms with E-state index in [-0.39, 0.29) is 5.92 Å². The second kappa shape index (κ2) is 6.74. The van der Waals surface area contributed by atoms with Gasteiger partial charge in [0.2, 0.25) is 0 Å². The Bertz CT molecular complexity index is 292. The van der Waals surface area contributed by atoms with Crippen LogP contribution in [0.4, 0.5) is 0 Å². The van der Waals surface area contributed by atoms with E-state index in [1.165, 1.54) is 25.7 Å². The highest BCUT2D eigenvalue weighted by Crippen LogP contribution is 2.47. The Morgan fingerprint density at radius 3 is 1.89 bits per heavy atom. The van der Waals surface area contributed by atoms with E-state index < -0.39 is 17.5 Å². The highest BCUT2D eigenvalue weighted by molar-refractivity contribution is 5.76. The average Bonchev–Trinajstić information content (AvgIpc) is 2.53. The third-order valence-corrected chi connectivity index (χ3v) is 5.39. The molecule has 0 aromatic carbocycles. The molecule has 0 saturated heterocycles. The quantitative estimate of drug-likeness (QED) is 0.802. The molecular formula is C16H28O3. The van der Waals surface area contributed by atoms with Crippen LogP contribution in [0.1, 0.15) is 77.0 Å². The summed E-state index contributed by atoms with van der Waals surface area (Å²) in [4.78, 5) is 11.9. The number of aliphatic hydroxyl groups is 1. The second-order valence-corrected chi connectivity index (χ2v) is 6.50. The molecule has 110 valence electrons. The van der Waals surface area contributed by atoms with Crippen LogP contribution in [-0.2, 0) is 4.79 Å². The highest BCUT2D eigenvalue weighted by atomic mass is 16.4. The van der Waals surface area contributed by atoms with Gasteiger partial charge in [-0.05, 0) is 31.6 Å². The van der Waals surface area contributed by atoms with Crippen molar-refractivity contribution < 1.29 is 15.0 Å². The van der Waals surface area contributed by atoms with Crippen LogP contribution in [0.3, 0.4) is 0 Å². The smallest absolute Gasteiger partial charge is 0.312 e. The molecule has 2 rings (SSSR count). The minimum atomic E-state index is -0.845. The van der Waals surface area contributed by atoms with Gasteiger partial charge < -0.3 is 10.2 Å². The predicted molar refractivity (Wildman–Crippen MR) is 75.0 cm³/mol. The molecule has 3 heteroatoms. The molecule has 2 N–H and O–H groups in total.